The molecule has 33 heavy (non-hydrogen) atoms. The summed E-state index contributed by atoms with van der Waals surface area (Å²) in [4.78, 5) is 30.7. The highest BCUT2D eigenvalue weighted by atomic mass is 32.1. The number of β-amino-alcohol motifs (C(OH)–C–C–N with tert-alkyl or cyclic N) is 1. The average Bonchev–Trinajstić information content (AvgIpc) is 3.20. The van der Waals surface area contributed by atoms with Gasteiger partial charge in [0.1, 0.15) is 5.60 Å². The van der Waals surface area contributed by atoms with E-state index in [0.29, 0.717) is 30.9 Å². The maximum atomic E-state index is 12.7. The molecule has 4 rings (SSSR count). The second-order valence-electron chi connectivity index (χ2n) is 9.83. The van der Waals surface area contributed by atoms with E-state index in [1.54, 1.807) is 4.90 Å². The summed E-state index contributed by atoms with van der Waals surface area (Å²) in [5.74, 6) is -0.179. The average molecular weight is 472 g/mol. The van der Waals surface area contributed by atoms with E-state index in [2.05, 4.69) is 28.4 Å². The first-order valence-corrected chi connectivity index (χ1v) is 12.3. The molecule has 1 aromatic carbocycles. The molecule has 0 saturated carbocycles. The molecule has 1 aromatic heterocycles. The van der Waals surface area contributed by atoms with Crippen molar-refractivity contribution < 1.29 is 19.4 Å². The number of benzene rings is 1. The van der Waals surface area contributed by atoms with Gasteiger partial charge in [0.05, 0.1) is 17.5 Å². The molecule has 178 valence electrons. The number of aliphatic hydroxyl groups excluding tert-OH is 1. The number of hydrogen-bond donors (Lipinski definition) is 2. The Labute approximate surface area is 199 Å². The van der Waals surface area contributed by atoms with Crippen LogP contribution in [0.4, 0.5) is 4.79 Å². The molecule has 3 heterocycles. The van der Waals surface area contributed by atoms with E-state index in [-0.39, 0.29) is 18.5 Å². The first-order valence-electron chi connectivity index (χ1n) is 11.5. The van der Waals surface area contributed by atoms with Crippen molar-refractivity contribution >= 4 is 23.3 Å². The number of carbonyl (C=O) groups excluding carboxylic acids is 2. The molecule has 1 atom stereocenters. The molecule has 8 heteroatoms. The standard InChI is InChI=1S/C25H33N3O4S/c1-25(2,3)32-24(31)28-11-9-21-19(15-28)12-22(33-21)23(30)26-13-20(29)16-27-10-8-17-6-4-5-7-18(17)14-27/h4-7,12,20,29H,8-11,13-16H2,1-3H3,(H,26,30)/t20-/m0/s1. The van der Waals surface area contributed by atoms with Crippen molar-refractivity contribution in [3.05, 3.63) is 56.8 Å². The third kappa shape index (κ3) is 6.13. The Hall–Kier alpha value is -2.42. The first-order chi connectivity index (χ1) is 15.7. The smallest absolute Gasteiger partial charge is 0.410 e. The van der Waals surface area contributed by atoms with Gasteiger partial charge in [-0.2, -0.15) is 0 Å². The summed E-state index contributed by atoms with van der Waals surface area (Å²) in [6, 6.07) is 10.3. The van der Waals surface area contributed by atoms with Crippen LogP contribution in [0.15, 0.2) is 30.3 Å². The Kier molecular flexibility index (Phi) is 7.07. The van der Waals surface area contributed by atoms with Crippen molar-refractivity contribution in [2.45, 2.75) is 58.4 Å². The van der Waals surface area contributed by atoms with E-state index in [4.69, 9.17) is 4.74 Å². The number of thiophene rings is 1. The third-order valence-corrected chi connectivity index (χ3v) is 7.15. The Morgan fingerprint density at radius 1 is 1.12 bits per heavy atom. The number of nitrogens with zero attached hydrogens (tertiary/aromatic N) is 2. The molecule has 7 nitrogen and oxygen atoms in total. The largest absolute Gasteiger partial charge is 0.444 e. The molecule has 2 N–H and O–H groups in total. The summed E-state index contributed by atoms with van der Waals surface area (Å²) in [6.07, 6.45) is 0.743. The van der Waals surface area contributed by atoms with Crippen LogP contribution in [-0.4, -0.2) is 64.8 Å². The van der Waals surface area contributed by atoms with Gasteiger partial charge in [-0.3, -0.25) is 9.69 Å². The Morgan fingerprint density at radius 3 is 2.64 bits per heavy atom. The number of amides is 2. The zero-order chi connectivity index (χ0) is 23.6. The SMILES string of the molecule is CC(C)(C)OC(=O)N1CCc2sc(C(=O)NC[C@H](O)CN3CCc4ccccc4C3)cc2C1. The lowest BCUT2D eigenvalue weighted by Crippen LogP contribution is -2.41. The minimum absolute atomic E-state index is 0.179. The maximum absolute atomic E-state index is 12.7. The van der Waals surface area contributed by atoms with E-state index in [1.165, 1.54) is 22.5 Å². The van der Waals surface area contributed by atoms with Gasteiger partial charge in [-0.1, -0.05) is 24.3 Å². The fraction of sp³-hybridized carbons (Fsp3) is 0.520. The van der Waals surface area contributed by atoms with E-state index >= 15 is 0 Å². The lowest BCUT2D eigenvalue weighted by Gasteiger charge is -2.30. The summed E-state index contributed by atoms with van der Waals surface area (Å²) >= 11 is 1.47. The zero-order valence-corrected chi connectivity index (χ0v) is 20.4. The predicted molar refractivity (Wildman–Crippen MR) is 128 cm³/mol. The fourth-order valence-electron chi connectivity index (χ4n) is 4.30. The molecule has 2 aromatic rings. The number of nitrogens with one attached hydrogen (secondary N) is 1. The molecular weight excluding hydrogens is 438 g/mol. The van der Waals surface area contributed by atoms with Gasteiger partial charge in [0, 0.05) is 37.6 Å². The molecule has 2 aliphatic heterocycles. The van der Waals surface area contributed by atoms with Crippen LogP contribution < -0.4 is 5.32 Å². The number of fused-ring (bicyclic) bond motifs is 2. The van der Waals surface area contributed by atoms with Crippen molar-refractivity contribution in [3.8, 4) is 0 Å². The molecule has 2 aliphatic rings. The summed E-state index contributed by atoms with van der Waals surface area (Å²) in [7, 11) is 0. The number of carbonyl (C=O) groups is 2. The second-order valence-corrected chi connectivity index (χ2v) is 11.0. The molecule has 2 amide bonds. The Balaban J connectivity index is 1.26. The summed E-state index contributed by atoms with van der Waals surface area (Å²) in [5.41, 5.74) is 3.15. The lowest BCUT2D eigenvalue weighted by molar-refractivity contribution is 0.0225. The van der Waals surface area contributed by atoms with Gasteiger partial charge in [0.15, 0.2) is 0 Å². The molecule has 0 fully saturated rings. The van der Waals surface area contributed by atoms with Crippen molar-refractivity contribution in [3.63, 3.8) is 0 Å². The van der Waals surface area contributed by atoms with Gasteiger partial charge < -0.3 is 20.1 Å². The highest BCUT2D eigenvalue weighted by molar-refractivity contribution is 7.14. The van der Waals surface area contributed by atoms with E-state index < -0.39 is 11.7 Å². The minimum atomic E-state index is -0.628. The predicted octanol–water partition coefficient (Wildman–Crippen LogP) is 3.19. The quantitative estimate of drug-likeness (QED) is 0.700. The van der Waals surface area contributed by atoms with Crippen LogP contribution in [0.3, 0.4) is 0 Å². The van der Waals surface area contributed by atoms with E-state index in [0.717, 1.165) is 30.0 Å². The number of rotatable bonds is 5. The summed E-state index contributed by atoms with van der Waals surface area (Å²) < 4.78 is 5.47. The Bertz CT molecular complexity index is 1010. The highest BCUT2D eigenvalue weighted by Gasteiger charge is 2.28. The monoisotopic (exact) mass is 471 g/mol. The molecule has 0 spiro atoms. The maximum Gasteiger partial charge on any atom is 0.410 e. The van der Waals surface area contributed by atoms with Gasteiger partial charge in [0.25, 0.3) is 5.91 Å². The van der Waals surface area contributed by atoms with E-state index in [1.807, 2.05) is 32.9 Å². The van der Waals surface area contributed by atoms with Crippen LogP contribution >= 0.6 is 11.3 Å². The molecule has 0 unspecified atom stereocenters. The molecular formula is C25H33N3O4S. The van der Waals surface area contributed by atoms with Crippen LogP contribution in [-0.2, 0) is 30.7 Å². The number of hydrogen-bond acceptors (Lipinski definition) is 6. The van der Waals surface area contributed by atoms with Gasteiger partial charge in [0.2, 0.25) is 0 Å². The second kappa shape index (κ2) is 9.83. The molecule has 0 radical (unpaired) electrons. The van der Waals surface area contributed by atoms with Gasteiger partial charge in [-0.15, -0.1) is 11.3 Å². The fourth-order valence-corrected chi connectivity index (χ4v) is 5.38. The molecule has 0 saturated heterocycles. The lowest BCUT2D eigenvalue weighted by atomic mass is 10.00. The summed E-state index contributed by atoms with van der Waals surface area (Å²) in [6.45, 7) is 9.07. The van der Waals surface area contributed by atoms with Crippen LogP contribution in [0, 0.1) is 0 Å². The normalized spacial score (nSPS) is 17.2. The first kappa shape index (κ1) is 23.7. The highest BCUT2D eigenvalue weighted by Crippen LogP contribution is 2.29. The van der Waals surface area contributed by atoms with Gasteiger partial charge in [-0.05, 0) is 56.4 Å². The van der Waals surface area contributed by atoms with Crippen LogP contribution in [0.25, 0.3) is 0 Å². The van der Waals surface area contributed by atoms with Crippen LogP contribution in [0.1, 0.15) is 52.0 Å². The van der Waals surface area contributed by atoms with E-state index in [9.17, 15) is 14.7 Å². The number of ether oxygens (including phenoxy) is 1. The topological polar surface area (TPSA) is 82.1 Å². The van der Waals surface area contributed by atoms with Crippen molar-refractivity contribution in [1.29, 1.82) is 0 Å². The molecule has 0 aliphatic carbocycles. The van der Waals surface area contributed by atoms with Crippen molar-refractivity contribution in [1.82, 2.24) is 15.1 Å². The van der Waals surface area contributed by atoms with Crippen molar-refractivity contribution in [2.75, 3.05) is 26.2 Å². The Morgan fingerprint density at radius 2 is 1.88 bits per heavy atom. The van der Waals surface area contributed by atoms with Gasteiger partial charge >= 0.3 is 6.09 Å². The zero-order valence-electron chi connectivity index (χ0n) is 19.6. The minimum Gasteiger partial charge on any atom is -0.444 e. The summed E-state index contributed by atoms with van der Waals surface area (Å²) in [5, 5.41) is 13.4. The number of aliphatic hydroxyl groups is 1. The van der Waals surface area contributed by atoms with Gasteiger partial charge in [-0.25, -0.2) is 4.79 Å². The van der Waals surface area contributed by atoms with Crippen LogP contribution in [0.2, 0.25) is 0 Å². The molecule has 0 bridgehead atoms. The van der Waals surface area contributed by atoms with Crippen molar-refractivity contribution in [2.24, 2.45) is 0 Å². The van der Waals surface area contributed by atoms with Crippen LogP contribution in [0.5, 0.6) is 0 Å². The third-order valence-electron chi connectivity index (χ3n) is 5.92.